The average molecular weight is 343 g/mol. The van der Waals surface area contributed by atoms with Gasteiger partial charge in [-0.3, -0.25) is 0 Å². The van der Waals surface area contributed by atoms with Gasteiger partial charge in [-0.15, -0.1) is 0 Å². The third kappa shape index (κ3) is 5.28. The SMILES string of the molecule is CNS(=O)(=O)c1cccc(C(C)NCC(C)(C)C(O)C(C)C)c1. The van der Waals surface area contributed by atoms with Gasteiger partial charge in [0, 0.05) is 18.0 Å². The van der Waals surface area contributed by atoms with Gasteiger partial charge in [-0.25, -0.2) is 13.1 Å². The van der Waals surface area contributed by atoms with E-state index >= 15 is 0 Å². The van der Waals surface area contributed by atoms with Gasteiger partial charge in [-0.05, 0) is 37.6 Å². The van der Waals surface area contributed by atoms with Crippen molar-refractivity contribution in [3.8, 4) is 0 Å². The first-order chi connectivity index (χ1) is 10.5. The molecule has 0 spiro atoms. The van der Waals surface area contributed by atoms with Crippen LogP contribution < -0.4 is 10.0 Å². The molecule has 5 nitrogen and oxygen atoms in total. The maximum Gasteiger partial charge on any atom is 0.240 e. The molecule has 0 heterocycles. The van der Waals surface area contributed by atoms with E-state index in [0.717, 1.165) is 5.56 Å². The molecule has 0 aliphatic heterocycles. The number of benzene rings is 1. The lowest BCUT2D eigenvalue weighted by molar-refractivity contribution is 0.0123. The van der Waals surface area contributed by atoms with Crippen LogP contribution in [0.1, 0.15) is 46.2 Å². The summed E-state index contributed by atoms with van der Waals surface area (Å²) in [5.74, 6) is 0.186. The Kier molecular flexibility index (Phi) is 6.77. The molecule has 23 heavy (non-hydrogen) atoms. The van der Waals surface area contributed by atoms with Crippen molar-refractivity contribution in [2.75, 3.05) is 13.6 Å². The molecule has 1 aromatic carbocycles. The van der Waals surface area contributed by atoms with Gasteiger partial charge in [0.15, 0.2) is 0 Å². The second-order valence-electron chi connectivity index (χ2n) is 7.06. The van der Waals surface area contributed by atoms with E-state index in [1.54, 1.807) is 18.2 Å². The van der Waals surface area contributed by atoms with E-state index in [0.29, 0.717) is 6.54 Å². The first kappa shape index (κ1) is 20.1. The van der Waals surface area contributed by atoms with Crippen molar-refractivity contribution in [3.63, 3.8) is 0 Å². The molecule has 0 aliphatic rings. The van der Waals surface area contributed by atoms with Crippen LogP contribution in [0.2, 0.25) is 0 Å². The Labute approximate surface area is 140 Å². The summed E-state index contributed by atoms with van der Waals surface area (Å²) in [7, 11) is -2.04. The van der Waals surface area contributed by atoms with Crippen LogP contribution in [0.25, 0.3) is 0 Å². The van der Waals surface area contributed by atoms with E-state index in [9.17, 15) is 13.5 Å². The van der Waals surface area contributed by atoms with Gasteiger partial charge in [0.05, 0.1) is 11.0 Å². The molecule has 1 aromatic rings. The summed E-state index contributed by atoms with van der Waals surface area (Å²) in [6.45, 7) is 10.7. The van der Waals surface area contributed by atoms with Gasteiger partial charge in [0.25, 0.3) is 0 Å². The molecule has 132 valence electrons. The predicted octanol–water partition coefficient (Wildman–Crippen LogP) is 2.29. The standard InChI is InChI=1S/C17H30N2O3S/c1-12(2)16(20)17(4,5)11-19-13(3)14-8-7-9-15(10-14)23(21,22)18-6/h7-10,12-13,16,18-20H,11H2,1-6H3. The first-order valence-electron chi connectivity index (χ1n) is 7.96. The smallest absolute Gasteiger partial charge is 0.240 e. The Morgan fingerprint density at radius 2 is 1.83 bits per heavy atom. The molecule has 0 aromatic heterocycles. The van der Waals surface area contributed by atoms with Crippen molar-refractivity contribution in [2.24, 2.45) is 11.3 Å². The van der Waals surface area contributed by atoms with Gasteiger partial charge in [0.1, 0.15) is 0 Å². The second kappa shape index (κ2) is 7.75. The Bertz CT molecular complexity index is 612. The molecule has 0 fully saturated rings. The molecular weight excluding hydrogens is 312 g/mol. The fourth-order valence-electron chi connectivity index (χ4n) is 2.61. The highest BCUT2D eigenvalue weighted by molar-refractivity contribution is 7.89. The van der Waals surface area contributed by atoms with Crippen molar-refractivity contribution in [3.05, 3.63) is 29.8 Å². The third-order valence-corrected chi connectivity index (χ3v) is 5.65. The Morgan fingerprint density at radius 1 is 1.22 bits per heavy atom. The quantitative estimate of drug-likeness (QED) is 0.677. The number of sulfonamides is 1. The molecule has 1 rings (SSSR count). The van der Waals surface area contributed by atoms with Gasteiger partial charge in [-0.1, -0.05) is 39.8 Å². The predicted molar refractivity (Wildman–Crippen MR) is 93.7 cm³/mol. The largest absolute Gasteiger partial charge is 0.392 e. The molecule has 0 aliphatic carbocycles. The summed E-state index contributed by atoms with van der Waals surface area (Å²) < 4.78 is 26.1. The number of rotatable bonds is 8. The van der Waals surface area contributed by atoms with Gasteiger partial charge in [-0.2, -0.15) is 0 Å². The molecule has 0 saturated carbocycles. The van der Waals surface area contributed by atoms with E-state index in [-0.39, 0.29) is 22.3 Å². The minimum Gasteiger partial charge on any atom is -0.392 e. The summed E-state index contributed by atoms with van der Waals surface area (Å²) in [6, 6.07) is 6.88. The number of hydrogen-bond donors (Lipinski definition) is 3. The summed E-state index contributed by atoms with van der Waals surface area (Å²) in [5.41, 5.74) is 0.632. The summed E-state index contributed by atoms with van der Waals surface area (Å²) in [4.78, 5) is 0.257. The zero-order valence-electron chi connectivity index (χ0n) is 14.9. The Balaban J connectivity index is 2.84. The van der Waals surface area contributed by atoms with Crippen molar-refractivity contribution < 1.29 is 13.5 Å². The summed E-state index contributed by atoms with van der Waals surface area (Å²) in [6.07, 6.45) is -0.404. The van der Waals surface area contributed by atoms with Crippen LogP contribution in [0, 0.1) is 11.3 Å². The Hall–Kier alpha value is -0.950. The molecule has 0 bridgehead atoms. The van der Waals surface area contributed by atoms with Gasteiger partial charge < -0.3 is 10.4 Å². The maximum absolute atomic E-state index is 11.9. The summed E-state index contributed by atoms with van der Waals surface area (Å²) >= 11 is 0. The molecular formula is C17H30N2O3S. The average Bonchev–Trinajstić information content (AvgIpc) is 2.51. The van der Waals surface area contributed by atoms with Crippen LogP contribution in [0.3, 0.4) is 0 Å². The first-order valence-corrected chi connectivity index (χ1v) is 9.44. The fraction of sp³-hybridized carbons (Fsp3) is 0.647. The number of hydrogen-bond acceptors (Lipinski definition) is 4. The van der Waals surface area contributed by atoms with E-state index in [1.807, 2.05) is 40.7 Å². The van der Waals surface area contributed by atoms with Crippen molar-refractivity contribution in [1.82, 2.24) is 10.0 Å². The molecule has 2 atom stereocenters. The van der Waals surface area contributed by atoms with Crippen molar-refractivity contribution >= 4 is 10.0 Å². The minimum absolute atomic E-state index is 0.0133. The topological polar surface area (TPSA) is 78.4 Å². The molecule has 0 amide bonds. The molecule has 0 saturated heterocycles. The van der Waals surface area contributed by atoms with Crippen LogP contribution in [0.4, 0.5) is 0 Å². The van der Waals surface area contributed by atoms with E-state index in [1.165, 1.54) is 7.05 Å². The minimum atomic E-state index is -3.44. The summed E-state index contributed by atoms with van der Waals surface area (Å²) in [5, 5.41) is 13.7. The molecule has 0 radical (unpaired) electrons. The molecule has 3 N–H and O–H groups in total. The monoisotopic (exact) mass is 342 g/mol. The zero-order valence-corrected chi connectivity index (χ0v) is 15.7. The lowest BCUT2D eigenvalue weighted by Crippen LogP contribution is -2.42. The number of nitrogens with one attached hydrogen (secondary N) is 2. The third-order valence-electron chi connectivity index (χ3n) is 4.23. The number of aliphatic hydroxyl groups is 1. The normalized spacial score (nSPS) is 15.7. The number of aliphatic hydroxyl groups excluding tert-OH is 1. The van der Waals surface area contributed by atoms with Crippen LogP contribution in [-0.2, 0) is 10.0 Å². The molecule has 2 unspecified atom stereocenters. The van der Waals surface area contributed by atoms with Crippen molar-refractivity contribution in [2.45, 2.75) is 51.7 Å². The highest BCUT2D eigenvalue weighted by Gasteiger charge is 2.30. The van der Waals surface area contributed by atoms with Crippen LogP contribution in [0.15, 0.2) is 29.2 Å². The van der Waals surface area contributed by atoms with Crippen LogP contribution in [-0.4, -0.2) is 33.2 Å². The zero-order chi connectivity index (χ0) is 17.8. The highest BCUT2D eigenvalue weighted by atomic mass is 32.2. The van der Waals surface area contributed by atoms with Gasteiger partial charge >= 0.3 is 0 Å². The van der Waals surface area contributed by atoms with E-state index < -0.39 is 16.1 Å². The fourth-order valence-corrected chi connectivity index (χ4v) is 3.39. The van der Waals surface area contributed by atoms with Gasteiger partial charge in [0.2, 0.25) is 10.0 Å². The van der Waals surface area contributed by atoms with E-state index in [2.05, 4.69) is 10.0 Å². The molecule has 6 heteroatoms. The van der Waals surface area contributed by atoms with Crippen LogP contribution >= 0.6 is 0 Å². The lowest BCUT2D eigenvalue weighted by Gasteiger charge is -2.34. The highest BCUT2D eigenvalue weighted by Crippen LogP contribution is 2.26. The second-order valence-corrected chi connectivity index (χ2v) is 8.95. The maximum atomic E-state index is 11.9. The van der Waals surface area contributed by atoms with Crippen LogP contribution in [0.5, 0.6) is 0 Å². The lowest BCUT2D eigenvalue weighted by atomic mass is 9.80. The van der Waals surface area contributed by atoms with Crippen molar-refractivity contribution in [1.29, 1.82) is 0 Å². The van der Waals surface area contributed by atoms with E-state index in [4.69, 9.17) is 0 Å². The Morgan fingerprint density at radius 3 is 2.35 bits per heavy atom.